The molecule has 1 aliphatic carbocycles. The number of hydrogen-bond acceptors (Lipinski definition) is 2. The maximum atomic E-state index is 11.3. The second-order valence-electron chi connectivity index (χ2n) is 2.48. The van der Waals surface area contributed by atoms with E-state index in [0.29, 0.717) is 11.1 Å². The molecule has 0 heterocycles. The van der Waals surface area contributed by atoms with E-state index in [4.69, 9.17) is 0 Å². The number of rotatable bonds is 1. The molecule has 0 fully saturated rings. The number of aliphatic hydroxyl groups excluding tert-OH is 1. The van der Waals surface area contributed by atoms with E-state index in [1.54, 1.807) is 13.0 Å². The first-order valence-corrected chi connectivity index (χ1v) is 3.59. The Labute approximate surface area is 71.2 Å². The summed E-state index contributed by atoms with van der Waals surface area (Å²) in [6.45, 7) is 8.75. The van der Waals surface area contributed by atoms with Crippen LogP contribution in [0, 0.1) is 0 Å². The first-order chi connectivity index (χ1) is 5.63. The highest BCUT2D eigenvalue weighted by Gasteiger charge is 2.28. The summed E-state index contributed by atoms with van der Waals surface area (Å²) in [4.78, 5) is 11.3. The van der Waals surface area contributed by atoms with E-state index in [2.05, 4.69) is 13.2 Å². The zero-order chi connectivity index (χ0) is 9.30. The summed E-state index contributed by atoms with van der Waals surface area (Å²) < 4.78 is 0. The maximum absolute atomic E-state index is 11.3. The highest BCUT2D eigenvalue weighted by atomic mass is 16.3. The number of Topliss-reactive ketones (excluding diaryl/α,β-unsaturated/α-hetero) is 1. The largest absolute Gasteiger partial charge is 0.507 e. The Morgan fingerprint density at radius 2 is 2.08 bits per heavy atom. The topological polar surface area (TPSA) is 37.3 Å². The summed E-state index contributed by atoms with van der Waals surface area (Å²) in [6, 6.07) is 0. The number of aliphatic hydroxyl groups is 1. The standard InChI is InChI=1S/C10H10O2/c1-4-7-6(3)9(11)8(5-2)10(7)12/h4-5,12H,2-3H2,1H3/b7-4+. The zero-order valence-electron chi connectivity index (χ0n) is 6.92. The van der Waals surface area contributed by atoms with E-state index in [1.165, 1.54) is 6.08 Å². The van der Waals surface area contributed by atoms with E-state index in [-0.39, 0.29) is 17.1 Å². The van der Waals surface area contributed by atoms with Gasteiger partial charge in [0.15, 0.2) is 5.78 Å². The van der Waals surface area contributed by atoms with Crippen LogP contribution in [0.5, 0.6) is 0 Å². The molecule has 0 aliphatic heterocycles. The van der Waals surface area contributed by atoms with Crippen molar-refractivity contribution in [1.82, 2.24) is 0 Å². The summed E-state index contributed by atoms with van der Waals surface area (Å²) in [5, 5.41) is 9.45. The van der Waals surface area contributed by atoms with Gasteiger partial charge in [0.25, 0.3) is 0 Å². The molecule has 62 valence electrons. The Balaban J connectivity index is 3.33. The normalized spacial score (nSPS) is 20.9. The summed E-state index contributed by atoms with van der Waals surface area (Å²) in [5.74, 6) is -0.252. The number of hydrogen-bond donors (Lipinski definition) is 1. The fourth-order valence-electron chi connectivity index (χ4n) is 1.18. The second-order valence-corrected chi connectivity index (χ2v) is 2.48. The molecule has 0 saturated heterocycles. The van der Waals surface area contributed by atoms with Gasteiger partial charge in [-0.2, -0.15) is 0 Å². The third kappa shape index (κ3) is 0.925. The number of allylic oxidation sites excluding steroid dienone is 4. The lowest BCUT2D eigenvalue weighted by Crippen LogP contribution is -1.95. The molecule has 0 aromatic heterocycles. The molecule has 0 bridgehead atoms. The Morgan fingerprint density at radius 3 is 2.33 bits per heavy atom. The number of carbonyl (C=O) groups excluding carboxylic acids is 1. The van der Waals surface area contributed by atoms with Crippen molar-refractivity contribution in [2.24, 2.45) is 0 Å². The van der Waals surface area contributed by atoms with Gasteiger partial charge in [-0.15, -0.1) is 0 Å². The van der Waals surface area contributed by atoms with Gasteiger partial charge < -0.3 is 5.11 Å². The second kappa shape index (κ2) is 2.81. The van der Waals surface area contributed by atoms with Crippen LogP contribution in [0.3, 0.4) is 0 Å². The third-order valence-electron chi connectivity index (χ3n) is 1.85. The maximum Gasteiger partial charge on any atom is 0.196 e. The minimum Gasteiger partial charge on any atom is -0.507 e. The monoisotopic (exact) mass is 162 g/mol. The lowest BCUT2D eigenvalue weighted by Gasteiger charge is -1.94. The highest BCUT2D eigenvalue weighted by Crippen LogP contribution is 2.30. The van der Waals surface area contributed by atoms with Crippen molar-refractivity contribution in [3.05, 3.63) is 47.8 Å². The van der Waals surface area contributed by atoms with Crippen LogP contribution < -0.4 is 0 Å². The molecular formula is C10H10O2. The van der Waals surface area contributed by atoms with Crippen LogP contribution in [0.2, 0.25) is 0 Å². The predicted molar refractivity (Wildman–Crippen MR) is 47.8 cm³/mol. The average molecular weight is 162 g/mol. The van der Waals surface area contributed by atoms with E-state index >= 15 is 0 Å². The molecule has 0 radical (unpaired) electrons. The average Bonchev–Trinajstić information content (AvgIpc) is 2.25. The summed E-state index contributed by atoms with van der Waals surface area (Å²) in [7, 11) is 0. The Kier molecular flexibility index (Phi) is 2.00. The van der Waals surface area contributed by atoms with Gasteiger partial charge in [0.2, 0.25) is 0 Å². The first-order valence-electron chi connectivity index (χ1n) is 3.59. The summed E-state index contributed by atoms with van der Waals surface area (Å²) in [6.07, 6.45) is 3.01. The van der Waals surface area contributed by atoms with Gasteiger partial charge in [0, 0.05) is 11.1 Å². The summed E-state index contributed by atoms with van der Waals surface area (Å²) in [5.41, 5.74) is 1.09. The first kappa shape index (κ1) is 8.53. The molecule has 0 aromatic rings. The minimum absolute atomic E-state index is 0.0116. The van der Waals surface area contributed by atoms with Crippen molar-refractivity contribution in [2.75, 3.05) is 0 Å². The molecule has 1 N–H and O–H groups in total. The number of ketones is 1. The van der Waals surface area contributed by atoms with Gasteiger partial charge in [-0.3, -0.25) is 4.79 Å². The molecule has 1 rings (SSSR count). The molecular weight excluding hydrogens is 152 g/mol. The van der Waals surface area contributed by atoms with Gasteiger partial charge in [-0.05, 0) is 6.92 Å². The van der Waals surface area contributed by atoms with Crippen molar-refractivity contribution >= 4 is 5.78 Å². The van der Waals surface area contributed by atoms with E-state index in [9.17, 15) is 9.90 Å². The third-order valence-corrected chi connectivity index (χ3v) is 1.85. The molecule has 0 saturated carbocycles. The Morgan fingerprint density at radius 1 is 1.50 bits per heavy atom. The SMILES string of the molecule is C=CC1=C(O)/C(=C/C)C(=C)C1=O. The lowest BCUT2D eigenvalue weighted by atomic mass is 10.1. The predicted octanol–water partition coefficient (Wildman–Crippen LogP) is 2.07. The fourth-order valence-corrected chi connectivity index (χ4v) is 1.18. The molecule has 12 heavy (non-hydrogen) atoms. The quantitative estimate of drug-likeness (QED) is 0.599. The van der Waals surface area contributed by atoms with Gasteiger partial charge in [0.1, 0.15) is 5.76 Å². The van der Waals surface area contributed by atoms with Gasteiger partial charge in [-0.25, -0.2) is 0 Å². The van der Waals surface area contributed by atoms with Crippen molar-refractivity contribution in [2.45, 2.75) is 6.92 Å². The molecule has 2 heteroatoms. The van der Waals surface area contributed by atoms with Crippen LogP contribution in [-0.4, -0.2) is 10.9 Å². The van der Waals surface area contributed by atoms with Crippen LogP contribution in [-0.2, 0) is 4.79 Å². The molecule has 0 aromatic carbocycles. The molecule has 0 spiro atoms. The van der Waals surface area contributed by atoms with Gasteiger partial charge in [-0.1, -0.05) is 25.3 Å². The van der Waals surface area contributed by atoms with Crippen LogP contribution in [0.4, 0.5) is 0 Å². The van der Waals surface area contributed by atoms with Gasteiger partial charge in [0.05, 0.1) is 5.57 Å². The molecule has 2 nitrogen and oxygen atoms in total. The fraction of sp³-hybridized carbons (Fsp3) is 0.100. The van der Waals surface area contributed by atoms with Crippen LogP contribution >= 0.6 is 0 Å². The van der Waals surface area contributed by atoms with Gasteiger partial charge >= 0.3 is 0 Å². The smallest absolute Gasteiger partial charge is 0.196 e. The van der Waals surface area contributed by atoms with Crippen LogP contribution in [0.15, 0.2) is 47.8 Å². The zero-order valence-corrected chi connectivity index (χ0v) is 6.92. The minimum atomic E-state index is -0.240. The van der Waals surface area contributed by atoms with Crippen molar-refractivity contribution in [1.29, 1.82) is 0 Å². The molecule has 0 atom stereocenters. The lowest BCUT2D eigenvalue weighted by molar-refractivity contribution is -0.111. The van der Waals surface area contributed by atoms with Crippen molar-refractivity contribution in [3.8, 4) is 0 Å². The number of carbonyl (C=O) groups is 1. The van der Waals surface area contributed by atoms with E-state index in [0.717, 1.165) is 0 Å². The van der Waals surface area contributed by atoms with Crippen LogP contribution in [0.1, 0.15) is 6.92 Å². The van der Waals surface area contributed by atoms with E-state index in [1.807, 2.05) is 0 Å². The van der Waals surface area contributed by atoms with Crippen molar-refractivity contribution in [3.63, 3.8) is 0 Å². The molecule has 0 amide bonds. The van der Waals surface area contributed by atoms with E-state index < -0.39 is 0 Å². The Bertz CT molecular complexity index is 330. The molecule has 0 unspecified atom stereocenters. The molecule has 1 aliphatic rings. The highest BCUT2D eigenvalue weighted by molar-refractivity contribution is 6.17. The summed E-state index contributed by atoms with van der Waals surface area (Å²) >= 11 is 0. The van der Waals surface area contributed by atoms with Crippen LogP contribution in [0.25, 0.3) is 0 Å². The van der Waals surface area contributed by atoms with Crippen molar-refractivity contribution < 1.29 is 9.90 Å². The Hall–Kier alpha value is -1.57.